The molecule has 0 saturated heterocycles. The SMILES string of the molecule is CCCNC(=O)c1ccc2c(=O)n(CC(C)C)c(SCc3ccccc3)nc2c1. The summed E-state index contributed by atoms with van der Waals surface area (Å²) in [5.74, 6) is 0.913. The number of hydrogen-bond donors (Lipinski definition) is 1. The number of aromatic nitrogens is 2. The van der Waals surface area contributed by atoms with Gasteiger partial charge in [-0.05, 0) is 36.1 Å². The first-order chi connectivity index (χ1) is 14.0. The molecule has 0 atom stereocenters. The Morgan fingerprint density at radius 1 is 1.17 bits per heavy atom. The molecular formula is C23H27N3O2S. The summed E-state index contributed by atoms with van der Waals surface area (Å²) in [6, 6.07) is 15.3. The monoisotopic (exact) mass is 409 g/mol. The first kappa shape index (κ1) is 21.1. The Morgan fingerprint density at radius 2 is 1.93 bits per heavy atom. The molecule has 1 aromatic heterocycles. The van der Waals surface area contributed by atoms with E-state index in [0.717, 1.165) is 12.2 Å². The highest BCUT2D eigenvalue weighted by atomic mass is 32.2. The number of hydrogen-bond acceptors (Lipinski definition) is 4. The Morgan fingerprint density at radius 3 is 2.62 bits per heavy atom. The van der Waals surface area contributed by atoms with Crippen molar-refractivity contribution in [1.29, 1.82) is 0 Å². The molecule has 0 unspecified atom stereocenters. The molecule has 1 N–H and O–H groups in total. The maximum Gasteiger partial charge on any atom is 0.262 e. The third-order valence-corrected chi connectivity index (χ3v) is 5.52. The molecule has 29 heavy (non-hydrogen) atoms. The van der Waals surface area contributed by atoms with Crippen LogP contribution in [-0.2, 0) is 12.3 Å². The first-order valence-electron chi connectivity index (χ1n) is 9.99. The van der Waals surface area contributed by atoms with E-state index in [1.807, 2.05) is 25.1 Å². The molecule has 1 amide bonds. The average molecular weight is 410 g/mol. The highest BCUT2D eigenvalue weighted by molar-refractivity contribution is 7.98. The third-order valence-electron chi connectivity index (χ3n) is 4.48. The molecule has 0 fully saturated rings. The van der Waals surface area contributed by atoms with Crippen LogP contribution in [0.15, 0.2) is 58.5 Å². The Bertz CT molecular complexity index is 1050. The van der Waals surface area contributed by atoms with Gasteiger partial charge in [0, 0.05) is 24.4 Å². The summed E-state index contributed by atoms with van der Waals surface area (Å²) in [5, 5.41) is 4.10. The summed E-state index contributed by atoms with van der Waals surface area (Å²) in [7, 11) is 0. The summed E-state index contributed by atoms with van der Waals surface area (Å²) < 4.78 is 1.76. The zero-order valence-electron chi connectivity index (χ0n) is 17.1. The van der Waals surface area contributed by atoms with Crippen LogP contribution in [0, 0.1) is 5.92 Å². The standard InChI is InChI=1S/C23H27N3O2S/c1-4-12-24-21(27)18-10-11-19-20(13-18)25-23(26(22(19)28)14-16(2)3)29-15-17-8-6-5-7-9-17/h5-11,13,16H,4,12,14-15H2,1-3H3,(H,24,27). The number of amides is 1. The van der Waals surface area contributed by atoms with Crippen LogP contribution in [0.3, 0.4) is 0 Å². The van der Waals surface area contributed by atoms with Crippen LogP contribution in [0.5, 0.6) is 0 Å². The summed E-state index contributed by atoms with van der Waals surface area (Å²) in [6.45, 7) is 7.42. The molecule has 0 aliphatic carbocycles. The van der Waals surface area contributed by atoms with Gasteiger partial charge in [-0.2, -0.15) is 0 Å². The van der Waals surface area contributed by atoms with Crippen molar-refractivity contribution in [1.82, 2.24) is 14.9 Å². The van der Waals surface area contributed by atoms with Crippen LogP contribution in [0.4, 0.5) is 0 Å². The van der Waals surface area contributed by atoms with Gasteiger partial charge in [-0.25, -0.2) is 4.98 Å². The summed E-state index contributed by atoms with van der Waals surface area (Å²) in [5.41, 5.74) is 2.21. The van der Waals surface area contributed by atoms with Crippen molar-refractivity contribution in [2.75, 3.05) is 6.54 Å². The number of fused-ring (bicyclic) bond motifs is 1. The normalized spacial score (nSPS) is 11.2. The lowest BCUT2D eigenvalue weighted by molar-refractivity contribution is 0.0954. The summed E-state index contributed by atoms with van der Waals surface area (Å²) in [6.07, 6.45) is 0.873. The molecular weight excluding hydrogens is 382 g/mol. The molecule has 3 rings (SSSR count). The number of benzene rings is 2. The number of carbonyl (C=O) groups excluding carboxylic acids is 1. The number of nitrogens with zero attached hydrogens (tertiary/aromatic N) is 2. The van der Waals surface area contributed by atoms with E-state index in [-0.39, 0.29) is 11.5 Å². The Balaban J connectivity index is 2.00. The first-order valence-corrected chi connectivity index (χ1v) is 11.0. The molecule has 0 aliphatic heterocycles. The van der Waals surface area contributed by atoms with E-state index in [0.29, 0.717) is 40.6 Å². The van der Waals surface area contributed by atoms with Crippen molar-refractivity contribution in [3.05, 3.63) is 70.0 Å². The van der Waals surface area contributed by atoms with Gasteiger partial charge in [0.1, 0.15) is 0 Å². The minimum absolute atomic E-state index is 0.0558. The lowest BCUT2D eigenvalue weighted by Gasteiger charge is -2.15. The Kier molecular flexibility index (Phi) is 7.09. The van der Waals surface area contributed by atoms with Crippen molar-refractivity contribution >= 4 is 28.6 Å². The molecule has 0 aliphatic rings. The molecule has 0 spiro atoms. The van der Waals surface area contributed by atoms with Gasteiger partial charge in [-0.15, -0.1) is 0 Å². The smallest absolute Gasteiger partial charge is 0.262 e. The van der Waals surface area contributed by atoms with Crippen LogP contribution in [0.2, 0.25) is 0 Å². The second-order valence-electron chi connectivity index (χ2n) is 7.47. The predicted octanol–water partition coefficient (Wildman–Crippen LogP) is 4.48. The van der Waals surface area contributed by atoms with E-state index >= 15 is 0 Å². The second kappa shape index (κ2) is 9.74. The van der Waals surface area contributed by atoms with E-state index < -0.39 is 0 Å². The third kappa shape index (κ3) is 5.26. The zero-order chi connectivity index (χ0) is 20.8. The summed E-state index contributed by atoms with van der Waals surface area (Å²) in [4.78, 5) is 30.2. The van der Waals surface area contributed by atoms with Crippen molar-refractivity contribution < 1.29 is 4.79 Å². The Hall–Kier alpha value is -2.60. The van der Waals surface area contributed by atoms with Crippen LogP contribution in [0.1, 0.15) is 43.1 Å². The lowest BCUT2D eigenvalue weighted by atomic mass is 10.1. The van der Waals surface area contributed by atoms with Crippen molar-refractivity contribution in [2.45, 2.75) is 44.6 Å². The van der Waals surface area contributed by atoms with Crippen molar-refractivity contribution in [2.24, 2.45) is 5.92 Å². The van der Waals surface area contributed by atoms with Gasteiger partial charge >= 0.3 is 0 Å². The van der Waals surface area contributed by atoms with Gasteiger partial charge in [0.2, 0.25) is 0 Å². The quantitative estimate of drug-likeness (QED) is 0.440. The number of thioether (sulfide) groups is 1. The van der Waals surface area contributed by atoms with Crippen LogP contribution in [0.25, 0.3) is 10.9 Å². The molecule has 2 aromatic carbocycles. The minimum Gasteiger partial charge on any atom is -0.352 e. The predicted molar refractivity (Wildman–Crippen MR) is 119 cm³/mol. The molecule has 152 valence electrons. The van der Waals surface area contributed by atoms with E-state index in [1.165, 1.54) is 5.56 Å². The van der Waals surface area contributed by atoms with Gasteiger partial charge in [-0.3, -0.25) is 14.2 Å². The maximum absolute atomic E-state index is 13.2. The zero-order valence-corrected chi connectivity index (χ0v) is 18.0. The molecule has 0 radical (unpaired) electrons. The van der Waals surface area contributed by atoms with Gasteiger partial charge in [0.15, 0.2) is 5.16 Å². The van der Waals surface area contributed by atoms with E-state index in [1.54, 1.807) is 34.5 Å². The molecule has 0 bridgehead atoms. The minimum atomic E-state index is -0.139. The summed E-state index contributed by atoms with van der Waals surface area (Å²) >= 11 is 1.55. The fourth-order valence-electron chi connectivity index (χ4n) is 3.04. The highest BCUT2D eigenvalue weighted by Crippen LogP contribution is 2.23. The second-order valence-corrected chi connectivity index (χ2v) is 8.41. The van der Waals surface area contributed by atoms with E-state index in [2.05, 4.69) is 31.3 Å². The molecule has 1 heterocycles. The largest absolute Gasteiger partial charge is 0.352 e. The molecule has 0 saturated carbocycles. The van der Waals surface area contributed by atoms with Crippen molar-refractivity contribution in [3.63, 3.8) is 0 Å². The maximum atomic E-state index is 13.2. The van der Waals surface area contributed by atoms with E-state index in [9.17, 15) is 9.59 Å². The van der Waals surface area contributed by atoms with Crippen LogP contribution < -0.4 is 10.9 Å². The lowest BCUT2D eigenvalue weighted by Crippen LogP contribution is -2.26. The molecule has 5 nitrogen and oxygen atoms in total. The number of carbonyl (C=O) groups is 1. The molecule has 6 heteroatoms. The molecule has 3 aromatic rings. The van der Waals surface area contributed by atoms with Gasteiger partial charge in [0.25, 0.3) is 11.5 Å². The van der Waals surface area contributed by atoms with E-state index in [4.69, 9.17) is 4.98 Å². The number of nitrogens with one attached hydrogen (secondary N) is 1. The Labute approximate surface area is 175 Å². The van der Waals surface area contributed by atoms with Gasteiger partial charge in [-0.1, -0.05) is 62.9 Å². The van der Waals surface area contributed by atoms with Gasteiger partial charge in [0.05, 0.1) is 10.9 Å². The van der Waals surface area contributed by atoms with Gasteiger partial charge < -0.3 is 5.32 Å². The highest BCUT2D eigenvalue weighted by Gasteiger charge is 2.15. The van der Waals surface area contributed by atoms with Crippen LogP contribution in [-0.4, -0.2) is 22.0 Å². The van der Waals surface area contributed by atoms with Crippen LogP contribution >= 0.6 is 11.8 Å². The van der Waals surface area contributed by atoms with Crippen molar-refractivity contribution in [3.8, 4) is 0 Å². The topological polar surface area (TPSA) is 64.0 Å². The average Bonchev–Trinajstić information content (AvgIpc) is 2.73. The number of rotatable bonds is 8. The fraction of sp³-hybridized carbons (Fsp3) is 0.348. The fourth-order valence-corrected chi connectivity index (χ4v) is 4.01.